The molecule has 17 heavy (non-hydrogen) atoms. The van der Waals surface area contributed by atoms with E-state index in [4.69, 9.17) is 0 Å². The van der Waals surface area contributed by atoms with E-state index in [1.165, 1.54) is 19.0 Å². The predicted octanol–water partition coefficient (Wildman–Crippen LogP) is 1.97. The first-order valence-corrected chi connectivity index (χ1v) is 6.21. The average molecular weight is 237 g/mol. The third kappa shape index (κ3) is 3.01. The van der Waals surface area contributed by atoms with E-state index in [0.29, 0.717) is 6.04 Å². The zero-order valence-electron chi connectivity index (χ0n) is 10.5. The highest BCUT2D eigenvalue weighted by Crippen LogP contribution is 2.23. The number of hydrogen-bond donors (Lipinski definition) is 1. The second-order valence-corrected chi connectivity index (χ2v) is 4.78. The molecule has 1 N–H and O–H groups in total. The topological polar surface area (TPSA) is 28.2 Å². The number of likely N-dealkylation sites (N-methyl/N-ethyl adjacent to an activating group) is 1. The summed E-state index contributed by atoms with van der Waals surface area (Å²) in [6, 6.07) is 2.30. The van der Waals surface area contributed by atoms with Gasteiger partial charge in [-0.25, -0.2) is 4.39 Å². The number of nitrogens with one attached hydrogen (secondary N) is 1. The van der Waals surface area contributed by atoms with Crippen LogP contribution in [0.15, 0.2) is 18.5 Å². The van der Waals surface area contributed by atoms with E-state index in [1.807, 2.05) is 0 Å². The van der Waals surface area contributed by atoms with Crippen molar-refractivity contribution in [2.75, 3.05) is 20.1 Å². The highest BCUT2D eigenvalue weighted by atomic mass is 19.1. The molecule has 0 amide bonds. The van der Waals surface area contributed by atoms with Crippen LogP contribution in [0.1, 0.15) is 31.4 Å². The molecule has 94 valence electrons. The molecule has 0 aromatic carbocycles. The van der Waals surface area contributed by atoms with Gasteiger partial charge in [-0.2, -0.15) is 0 Å². The van der Waals surface area contributed by atoms with Gasteiger partial charge in [-0.05, 0) is 45.0 Å². The molecule has 0 spiro atoms. The fraction of sp³-hybridized carbons (Fsp3) is 0.615. The lowest BCUT2D eigenvalue weighted by atomic mass is 10.0. The van der Waals surface area contributed by atoms with Crippen LogP contribution in [-0.4, -0.2) is 36.1 Å². The van der Waals surface area contributed by atoms with Gasteiger partial charge in [0.15, 0.2) is 0 Å². The van der Waals surface area contributed by atoms with E-state index in [0.717, 1.165) is 18.7 Å². The lowest BCUT2D eigenvalue weighted by Crippen LogP contribution is -2.45. The first-order chi connectivity index (χ1) is 8.18. The summed E-state index contributed by atoms with van der Waals surface area (Å²) in [5.74, 6) is -0.260. The number of pyridine rings is 1. The van der Waals surface area contributed by atoms with E-state index < -0.39 is 0 Å². The SMILES string of the molecule is CC(c1cncc(F)c1)N(C)C1CCCNC1. The Bertz CT molecular complexity index is 363. The summed E-state index contributed by atoms with van der Waals surface area (Å²) in [5, 5.41) is 3.40. The van der Waals surface area contributed by atoms with E-state index >= 15 is 0 Å². The minimum atomic E-state index is -0.260. The molecule has 1 saturated heterocycles. The van der Waals surface area contributed by atoms with Crippen LogP contribution < -0.4 is 5.32 Å². The Morgan fingerprint density at radius 2 is 2.35 bits per heavy atom. The van der Waals surface area contributed by atoms with E-state index in [2.05, 4.69) is 29.2 Å². The molecule has 0 bridgehead atoms. The van der Waals surface area contributed by atoms with Gasteiger partial charge in [0, 0.05) is 24.8 Å². The molecule has 1 fully saturated rings. The highest BCUT2D eigenvalue weighted by molar-refractivity contribution is 5.14. The average Bonchev–Trinajstić information content (AvgIpc) is 2.38. The Morgan fingerprint density at radius 3 is 3.00 bits per heavy atom. The Hall–Kier alpha value is -1.00. The van der Waals surface area contributed by atoms with Crippen molar-refractivity contribution in [1.29, 1.82) is 0 Å². The van der Waals surface area contributed by atoms with Gasteiger partial charge < -0.3 is 5.32 Å². The summed E-state index contributed by atoms with van der Waals surface area (Å²) in [6.45, 7) is 4.23. The molecule has 1 aromatic rings. The molecule has 1 aromatic heterocycles. The monoisotopic (exact) mass is 237 g/mol. The number of aromatic nitrogens is 1. The van der Waals surface area contributed by atoms with Crippen molar-refractivity contribution in [3.8, 4) is 0 Å². The van der Waals surface area contributed by atoms with Crippen molar-refractivity contribution in [1.82, 2.24) is 15.2 Å². The van der Waals surface area contributed by atoms with Gasteiger partial charge in [0.05, 0.1) is 6.20 Å². The van der Waals surface area contributed by atoms with Crippen LogP contribution in [0.4, 0.5) is 4.39 Å². The molecule has 3 nitrogen and oxygen atoms in total. The second kappa shape index (κ2) is 5.56. The van der Waals surface area contributed by atoms with Crippen LogP contribution in [0.2, 0.25) is 0 Å². The van der Waals surface area contributed by atoms with E-state index in [1.54, 1.807) is 12.3 Å². The van der Waals surface area contributed by atoms with Gasteiger partial charge >= 0.3 is 0 Å². The molecule has 2 heterocycles. The van der Waals surface area contributed by atoms with Crippen molar-refractivity contribution < 1.29 is 4.39 Å². The third-order valence-electron chi connectivity index (χ3n) is 3.67. The van der Waals surface area contributed by atoms with Gasteiger partial charge in [-0.15, -0.1) is 0 Å². The van der Waals surface area contributed by atoms with Crippen LogP contribution in [0, 0.1) is 5.82 Å². The first kappa shape index (κ1) is 12.5. The zero-order valence-corrected chi connectivity index (χ0v) is 10.5. The molecular formula is C13H20FN3. The van der Waals surface area contributed by atoms with Crippen LogP contribution in [0.25, 0.3) is 0 Å². The smallest absolute Gasteiger partial charge is 0.141 e. The van der Waals surface area contributed by atoms with Gasteiger partial charge in [-0.1, -0.05) is 0 Å². The Morgan fingerprint density at radius 1 is 1.53 bits per heavy atom. The maximum Gasteiger partial charge on any atom is 0.141 e. The molecule has 1 aliphatic heterocycles. The summed E-state index contributed by atoms with van der Waals surface area (Å²) in [5.41, 5.74) is 0.943. The molecular weight excluding hydrogens is 217 g/mol. The molecule has 2 atom stereocenters. The van der Waals surface area contributed by atoms with Crippen LogP contribution >= 0.6 is 0 Å². The normalized spacial score (nSPS) is 22.7. The number of nitrogens with zero attached hydrogens (tertiary/aromatic N) is 2. The lowest BCUT2D eigenvalue weighted by molar-refractivity contribution is 0.156. The summed E-state index contributed by atoms with van der Waals surface area (Å²) in [6.07, 6.45) is 5.42. The number of halogens is 1. The van der Waals surface area contributed by atoms with Gasteiger partial charge in [0.25, 0.3) is 0 Å². The third-order valence-corrected chi connectivity index (χ3v) is 3.67. The number of hydrogen-bond acceptors (Lipinski definition) is 3. The summed E-state index contributed by atoms with van der Waals surface area (Å²) < 4.78 is 13.1. The van der Waals surface area contributed by atoms with E-state index in [9.17, 15) is 4.39 Å². The largest absolute Gasteiger partial charge is 0.315 e. The molecule has 2 unspecified atom stereocenters. The fourth-order valence-electron chi connectivity index (χ4n) is 2.39. The maximum absolute atomic E-state index is 13.1. The minimum absolute atomic E-state index is 0.197. The summed E-state index contributed by atoms with van der Waals surface area (Å²) in [7, 11) is 2.10. The molecule has 1 aliphatic rings. The Kier molecular flexibility index (Phi) is 4.07. The van der Waals surface area contributed by atoms with Crippen molar-refractivity contribution >= 4 is 0 Å². The van der Waals surface area contributed by atoms with Crippen molar-refractivity contribution in [2.24, 2.45) is 0 Å². The molecule has 0 aliphatic carbocycles. The molecule has 0 radical (unpaired) electrons. The van der Waals surface area contributed by atoms with Crippen molar-refractivity contribution in [3.05, 3.63) is 29.8 Å². The maximum atomic E-state index is 13.1. The van der Waals surface area contributed by atoms with Crippen molar-refractivity contribution in [3.63, 3.8) is 0 Å². The number of rotatable bonds is 3. The molecule has 0 saturated carbocycles. The first-order valence-electron chi connectivity index (χ1n) is 6.21. The summed E-state index contributed by atoms with van der Waals surface area (Å²) >= 11 is 0. The quantitative estimate of drug-likeness (QED) is 0.871. The van der Waals surface area contributed by atoms with Gasteiger partial charge in [-0.3, -0.25) is 9.88 Å². The van der Waals surface area contributed by atoms with Gasteiger partial charge in [0.2, 0.25) is 0 Å². The Balaban J connectivity index is 2.05. The predicted molar refractivity (Wildman–Crippen MR) is 66.3 cm³/mol. The fourth-order valence-corrected chi connectivity index (χ4v) is 2.39. The zero-order chi connectivity index (χ0) is 12.3. The highest BCUT2D eigenvalue weighted by Gasteiger charge is 2.22. The summed E-state index contributed by atoms with van der Waals surface area (Å²) in [4.78, 5) is 6.22. The van der Waals surface area contributed by atoms with Gasteiger partial charge in [0.1, 0.15) is 5.82 Å². The minimum Gasteiger partial charge on any atom is -0.315 e. The van der Waals surface area contributed by atoms with Crippen molar-refractivity contribution in [2.45, 2.75) is 31.8 Å². The van der Waals surface area contributed by atoms with Crippen LogP contribution in [-0.2, 0) is 0 Å². The van der Waals surface area contributed by atoms with Crippen LogP contribution in [0.3, 0.4) is 0 Å². The van der Waals surface area contributed by atoms with Crippen LogP contribution in [0.5, 0.6) is 0 Å². The Labute approximate surface area is 102 Å². The molecule has 2 rings (SSSR count). The molecule has 4 heteroatoms. The lowest BCUT2D eigenvalue weighted by Gasteiger charge is -2.35. The second-order valence-electron chi connectivity index (χ2n) is 4.78. The van der Waals surface area contributed by atoms with E-state index in [-0.39, 0.29) is 11.9 Å². The number of piperidine rings is 1. The standard InChI is InChI=1S/C13H20FN3/c1-10(11-6-12(14)8-16-7-11)17(2)13-4-3-5-15-9-13/h6-8,10,13,15H,3-5,9H2,1-2H3.